The third-order valence-corrected chi connectivity index (χ3v) is 4.76. The van der Waals surface area contributed by atoms with Crippen LogP contribution in [0.3, 0.4) is 0 Å². The van der Waals surface area contributed by atoms with E-state index in [1.54, 1.807) is 0 Å². The molecule has 0 N–H and O–H groups in total. The van der Waals surface area contributed by atoms with Gasteiger partial charge in [-0.25, -0.2) is 0 Å². The van der Waals surface area contributed by atoms with Gasteiger partial charge in [0.2, 0.25) is 0 Å². The molecular formula is C17H22O4. The number of hydrogen-bond donors (Lipinski definition) is 0. The zero-order valence-electron chi connectivity index (χ0n) is 12.2. The van der Waals surface area contributed by atoms with E-state index in [1.807, 2.05) is 6.08 Å². The quantitative estimate of drug-likeness (QED) is 0.444. The van der Waals surface area contributed by atoms with Crippen LogP contribution in [0.4, 0.5) is 0 Å². The molecule has 114 valence electrons. The largest absolute Gasteiger partial charge is 0.462 e. The minimum atomic E-state index is -0.168. The molecule has 0 aromatic carbocycles. The van der Waals surface area contributed by atoms with E-state index in [4.69, 9.17) is 9.47 Å². The first-order chi connectivity index (χ1) is 10.2. The number of fused-ring (bicyclic) bond motifs is 2. The summed E-state index contributed by atoms with van der Waals surface area (Å²) in [6.45, 7) is 0.339. The average molecular weight is 290 g/mol. The van der Waals surface area contributed by atoms with Crippen LogP contribution in [0.2, 0.25) is 0 Å². The summed E-state index contributed by atoms with van der Waals surface area (Å²) in [5, 5.41) is 0. The van der Waals surface area contributed by atoms with Gasteiger partial charge in [0.1, 0.15) is 13.2 Å². The highest BCUT2D eigenvalue weighted by atomic mass is 16.6. The van der Waals surface area contributed by atoms with Crippen LogP contribution < -0.4 is 0 Å². The van der Waals surface area contributed by atoms with Gasteiger partial charge < -0.3 is 9.47 Å². The highest BCUT2D eigenvalue weighted by molar-refractivity contribution is 5.74. The van der Waals surface area contributed by atoms with Crippen LogP contribution in [0.15, 0.2) is 24.3 Å². The van der Waals surface area contributed by atoms with Gasteiger partial charge in [-0.15, -0.1) is 0 Å². The maximum Gasteiger partial charge on any atom is 0.309 e. The number of allylic oxidation sites excluding steroid dienone is 4. The second-order valence-electron chi connectivity index (χ2n) is 6.20. The van der Waals surface area contributed by atoms with Crippen LogP contribution in [-0.4, -0.2) is 25.2 Å². The van der Waals surface area contributed by atoms with Crippen molar-refractivity contribution in [3.05, 3.63) is 24.3 Å². The summed E-state index contributed by atoms with van der Waals surface area (Å²) in [6, 6.07) is 0. The summed E-state index contributed by atoms with van der Waals surface area (Å²) >= 11 is 0. The van der Waals surface area contributed by atoms with Crippen LogP contribution >= 0.6 is 0 Å². The van der Waals surface area contributed by atoms with E-state index in [1.165, 1.54) is 0 Å². The maximum atomic E-state index is 12.0. The van der Waals surface area contributed by atoms with Crippen molar-refractivity contribution < 1.29 is 19.1 Å². The number of carbonyl (C=O) groups excluding carboxylic acids is 2. The number of hydrogen-bond acceptors (Lipinski definition) is 4. The van der Waals surface area contributed by atoms with Crippen molar-refractivity contribution in [2.75, 3.05) is 13.2 Å². The lowest BCUT2D eigenvalue weighted by molar-refractivity contribution is -0.158. The monoisotopic (exact) mass is 290 g/mol. The summed E-state index contributed by atoms with van der Waals surface area (Å²) in [4.78, 5) is 23.8. The molecule has 0 heterocycles. The molecule has 0 aliphatic heterocycles. The molecule has 4 heteroatoms. The molecule has 0 amide bonds. The third kappa shape index (κ3) is 3.36. The van der Waals surface area contributed by atoms with Gasteiger partial charge in [0.15, 0.2) is 0 Å². The zero-order chi connectivity index (χ0) is 14.7. The van der Waals surface area contributed by atoms with E-state index >= 15 is 0 Å². The molecular weight excluding hydrogens is 268 g/mol. The minimum Gasteiger partial charge on any atom is -0.462 e. The van der Waals surface area contributed by atoms with E-state index in [0.29, 0.717) is 11.8 Å². The van der Waals surface area contributed by atoms with E-state index < -0.39 is 0 Å². The Morgan fingerprint density at radius 2 is 1.81 bits per heavy atom. The molecule has 3 rings (SSSR count). The standard InChI is InChI=1S/C17H22O4/c18-16(13-4-2-1-3-5-13)20-8-9-21-17(19)15-11-12-6-7-14(15)10-12/h1-2,6-7,12-15H,3-5,8-11H2/t12-,13-,14-,15-/m0/s1. The molecule has 1 fully saturated rings. The number of carbonyl (C=O) groups is 2. The molecule has 21 heavy (non-hydrogen) atoms. The van der Waals surface area contributed by atoms with Crippen molar-refractivity contribution in [3.63, 3.8) is 0 Å². The highest BCUT2D eigenvalue weighted by Crippen LogP contribution is 2.43. The van der Waals surface area contributed by atoms with Crippen molar-refractivity contribution in [1.29, 1.82) is 0 Å². The molecule has 3 aliphatic carbocycles. The highest BCUT2D eigenvalue weighted by Gasteiger charge is 2.40. The second kappa shape index (κ2) is 6.46. The Labute approximate surface area is 125 Å². The minimum absolute atomic E-state index is 0.0131. The maximum absolute atomic E-state index is 12.0. The molecule has 3 aliphatic rings. The molecule has 0 saturated heterocycles. The lowest BCUT2D eigenvalue weighted by atomic mass is 9.94. The first-order valence-electron chi connectivity index (χ1n) is 7.90. The Bertz CT molecular complexity index is 465. The van der Waals surface area contributed by atoms with Crippen LogP contribution in [0.1, 0.15) is 32.1 Å². The Morgan fingerprint density at radius 1 is 1.00 bits per heavy atom. The second-order valence-corrected chi connectivity index (χ2v) is 6.20. The van der Waals surface area contributed by atoms with Crippen molar-refractivity contribution in [2.24, 2.45) is 23.7 Å². The smallest absolute Gasteiger partial charge is 0.309 e. The summed E-state index contributed by atoms with van der Waals surface area (Å²) in [5.74, 6) is 0.603. The molecule has 0 aromatic rings. The van der Waals surface area contributed by atoms with Crippen molar-refractivity contribution >= 4 is 11.9 Å². The predicted octanol–water partition coefficient (Wildman–Crippen LogP) is 2.64. The topological polar surface area (TPSA) is 52.6 Å². The average Bonchev–Trinajstić information content (AvgIpc) is 3.15. The Balaban J connectivity index is 1.33. The lowest BCUT2D eigenvalue weighted by Gasteiger charge is -2.18. The molecule has 1 saturated carbocycles. The fourth-order valence-corrected chi connectivity index (χ4v) is 3.57. The number of rotatable bonds is 5. The van der Waals surface area contributed by atoms with Crippen molar-refractivity contribution in [3.8, 4) is 0 Å². The lowest BCUT2D eigenvalue weighted by Crippen LogP contribution is -2.25. The SMILES string of the molecule is O=C(OCCOC(=O)[C@H]1C[C@H]2C=C[C@H]1C2)[C@H]1CC=CCC1. The Hall–Kier alpha value is -1.58. The summed E-state index contributed by atoms with van der Waals surface area (Å²) in [5.41, 5.74) is 0. The summed E-state index contributed by atoms with van der Waals surface area (Å²) in [7, 11) is 0. The number of esters is 2. The molecule has 4 nitrogen and oxygen atoms in total. The normalized spacial score (nSPS) is 33.1. The van der Waals surface area contributed by atoms with E-state index in [9.17, 15) is 9.59 Å². The van der Waals surface area contributed by atoms with E-state index in [0.717, 1.165) is 32.1 Å². The predicted molar refractivity (Wildman–Crippen MR) is 77.2 cm³/mol. The molecule has 2 bridgehead atoms. The van der Waals surface area contributed by atoms with E-state index in [2.05, 4.69) is 18.2 Å². The van der Waals surface area contributed by atoms with Crippen LogP contribution in [-0.2, 0) is 19.1 Å². The first-order valence-corrected chi connectivity index (χ1v) is 7.90. The van der Waals surface area contributed by atoms with Gasteiger partial charge in [0, 0.05) is 0 Å². The zero-order valence-corrected chi connectivity index (χ0v) is 12.2. The van der Waals surface area contributed by atoms with Gasteiger partial charge in [0.05, 0.1) is 11.8 Å². The van der Waals surface area contributed by atoms with E-state index in [-0.39, 0.29) is 37.0 Å². The van der Waals surface area contributed by atoms with Gasteiger partial charge in [-0.05, 0) is 43.9 Å². The van der Waals surface area contributed by atoms with Crippen LogP contribution in [0.25, 0.3) is 0 Å². The first kappa shape index (κ1) is 14.4. The molecule has 4 atom stereocenters. The van der Waals surface area contributed by atoms with Gasteiger partial charge in [0.25, 0.3) is 0 Å². The van der Waals surface area contributed by atoms with Crippen molar-refractivity contribution in [2.45, 2.75) is 32.1 Å². The van der Waals surface area contributed by atoms with Gasteiger partial charge in [-0.1, -0.05) is 24.3 Å². The molecule has 0 unspecified atom stereocenters. The van der Waals surface area contributed by atoms with Crippen LogP contribution in [0, 0.1) is 23.7 Å². The van der Waals surface area contributed by atoms with Gasteiger partial charge in [-0.3, -0.25) is 9.59 Å². The van der Waals surface area contributed by atoms with Gasteiger partial charge in [-0.2, -0.15) is 0 Å². The Morgan fingerprint density at radius 3 is 2.43 bits per heavy atom. The fourth-order valence-electron chi connectivity index (χ4n) is 3.57. The Kier molecular flexibility index (Phi) is 4.42. The van der Waals surface area contributed by atoms with Crippen LogP contribution in [0.5, 0.6) is 0 Å². The summed E-state index contributed by atoms with van der Waals surface area (Å²) in [6.07, 6.45) is 13.0. The molecule has 0 aromatic heterocycles. The molecule has 0 radical (unpaired) electrons. The third-order valence-electron chi connectivity index (χ3n) is 4.76. The fraction of sp³-hybridized carbons (Fsp3) is 0.647. The number of ether oxygens (including phenoxy) is 2. The molecule has 0 spiro atoms. The van der Waals surface area contributed by atoms with Crippen molar-refractivity contribution in [1.82, 2.24) is 0 Å². The van der Waals surface area contributed by atoms with Gasteiger partial charge >= 0.3 is 11.9 Å². The summed E-state index contributed by atoms with van der Waals surface area (Å²) < 4.78 is 10.4.